The number of halogens is 1. The van der Waals surface area contributed by atoms with Crippen molar-refractivity contribution >= 4 is 36.0 Å². The predicted octanol–water partition coefficient (Wildman–Crippen LogP) is 4.14. The first kappa shape index (κ1) is 22.3. The van der Waals surface area contributed by atoms with Gasteiger partial charge in [0.1, 0.15) is 6.20 Å². The maximum atomic E-state index is 11.0. The number of rotatable bonds is 7. The van der Waals surface area contributed by atoms with Crippen LogP contribution in [0.5, 0.6) is 5.88 Å². The first-order valence-corrected chi connectivity index (χ1v) is 11.6. The number of amides is 1. The summed E-state index contributed by atoms with van der Waals surface area (Å²) in [6, 6.07) is 0.576. The Hall–Kier alpha value is -1.72. The lowest BCUT2D eigenvalue weighted by atomic mass is 10.2. The minimum Gasteiger partial charge on any atom is -0.465 e. The topological polar surface area (TPSA) is 124 Å². The fraction of sp³-hybridized carbons (Fsp3) is 0.600. The van der Waals surface area contributed by atoms with E-state index in [1.165, 1.54) is 6.07 Å². The van der Waals surface area contributed by atoms with Crippen LogP contribution in [-0.2, 0) is 4.43 Å². The third-order valence-electron chi connectivity index (χ3n) is 4.21. The normalized spacial score (nSPS) is 14.4. The number of hydrogen-bond donors (Lipinski definition) is 2. The molecule has 0 spiro atoms. The second-order valence-electron chi connectivity index (χ2n) is 7.34. The summed E-state index contributed by atoms with van der Waals surface area (Å²) >= 11 is 3.19. The van der Waals surface area contributed by atoms with Crippen LogP contribution in [0.4, 0.5) is 10.5 Å². The lowest BCUT2D eigenvalue weighted by Crippen LogP contribution is -2.52. The van der Waals surface area contributed by atoms with Gasteiger partial charge in [-0.25, -0.2) is 9.78 Å². The molecule has 0 fully saturated rings. The zero-order valence-corrected chi connectivity index (χ0v) is 18.2. The van der Waals surface area contributed by atoms with Gasteiger partial charge in [0.25, 0.3) is 5.69 Å². The van der Waals surface area contributed by atoms with Gasteiger partial charge in [-0.15, -0.1) is 0 Å². The minimum absolute atomic E-state index is 0.0818. The molecule has 11 heteroatoms. The average Bonchev–Trinajstić information content (AvgIpc) is 2.46. The van der Waals surface area contributed by atoms with Crippen molar-refractivity contribution in [3.05, 3.63) is 26.9 Å². The first-order valence-electron chi connectivity index (χ1n) is 7.88. The van der Waals surface area contributed by atoms with E-state index < -0.39 is 31.7 Å². The largest absolute Gasteiger partial charge is 0.465 e. The molecule has 0 saturated heterocycles. The molecule has 9 nitrogen and oxygen atoms in total. The van der Waals surface area contributed by atoms with Crippen molar-refractivity contribution in [1.29, 1.82) is 0 Å². The van der Waals surface area contributed by atoms with E-state index in [-0.39, 0.29) is 21.1 Å². The van der Waals surface area contributed by atoms with Gasteiger partial charge < -0.3 is 19.6 Å². The van der Waals surface area contributed by atoms with E-state index in [9.17, 15) is 14.9 Å². The Bertz CT molecular complexity index is 680. The average molecular weight is 450 g/mol. The molecule has 0 aliphatic heterocycles. The molecule has 1 rings (SSSR count). The summed E-state index contributed by atoms with van der Waals surface area (Å²) in [5.41, 5.74) is -0.192. The minimum atomic E-state index is -2.29. The van der Waals surface area contributed by atoms with Gasteiger partial charge in [0.2, 0.25) is 12.2 Å². The van der Waals surface area contributed by atoms with E-state index in [1.807, 2.05) is 33.9 Å². The van der Waals surface area contributed by atoms with E-state index in [2.05, 4.69) is 26.2 Å². The number of pyridine rings is 1. The molecule has 0 aliphatic rings. The highest BCUT2D eigenvalue weighted by Crippen LogP contribution is 2.38. The van der Waals surface area contributed by atoms with Crippen LogP contribution < -0.4 is 10.1 Å². The molecule has 0 aromatic carbocycles. The molecule has 146 valence electrons. The lowest BCUT2D eigenvalue weighted by molar-refractivity contribution is -0.385. The van der Waals surface area contributed by atoms with E-state index in [0.717, 1.165) is 6.20 Å². The summed E-state index contributed by atoms with van der Waals surface area (Å²) in [4.78, 5) is 25.2. The number of carbonyl (C=O) groups is 1. The Kier molecular flexibility index (Phi) is 7.14. The van der Waals surface area contributed by atoms with E-state index >= 15 is 0 Å². The molecule has 1 amide bonds. The van der Waals surface area contributed by atoms with Crippen molar-refractivity contribution in [2.75, 3.05) is 0 Å². The quantitative estimate of drug-likeness (QED) is 0.277. The number of nitrogens with one attached hydrogen (secondary N) is 1. The fourth-order valence-electron chi connectivity index (χ4n) is 1.67. The highest BCUT2D eigenvalue weighted by molar-refractivity contribution is 9.10. The van der Waals surface area contributed by atoms with Crippen LogP contribution in [0.2, 0.25) is 18.1 Å². The Balaban J connectivity index is 3.13. The van der Waals surface area contributed by atoms with Gasteiger partial charge in [-0.1, -0.05) is 20.8 Å². The van der Waals surface area contributed by atoms with Gasteiger partial charge in [-0.05, 0) is 41.0 Å². The van der Waals surface area contributed by atoms with E-state index in [4.69, 9.17) is 14.3 Å². The molecule has 0 radical (unpaired) electrons. The zero-order chi connectivity index (χ0) is 20.3. The lowest BCUT2D eigenvalue weighted by Gasteiger charge is -2.40. The van der Waals surface area contributed by atoms with Gasteiger partial charge in [0.15, 0.2) is 8.32 Å². The zero-order valence-electron chi connectivity index (χ0n) is 15.6. The number of ether oxygens (including phenoxy) is 1. The Morgan fingerprint density at radius 1 is 1.46 bits per heavy atom. The molecule has 2 atom stereocenters. The first-order chi connectivity index (χ1) is 11.7. The SMILES string of the molecule is C[C@@H](NC(=O)O)[C@@H](Oc1ncc([N+](=O)[O-])cc1Br)O[Si](C)(C)C(C)(C)C. The molecular formula is C15H24BrN3O6Si. The van der Waals surface area contributed by atoms with Crippen molar-refractivity contribution in [2.24, 2.45) is 0 Å². The summed E-state index contributed by atoms with van der Waals surface area (Å²) in [5.74, 6) is 0.0818. The second kappa shape index (κ2) is 8.31. The highest BCUT2D eigenvalue weighted by atomic mass is 79.9. The molecule has 0 bridgehead atoms. The van der Waals surface area contributed by atoms with Crippen molar-refractivity contribution in [2.45, 2.75) is 58.2 Å². The summed E-state index contributed by atoms with van der Waals surface area (Å²) in [6.45, 7) is 11.8. The van der Waals surface area contributed by atoms with Crippen LogP contribution in [0.15, 0.2) is 16.7 Å². The van der Waals surface area contributed by atoms with Crippen molar-refractivity contribution < 1.29 is 24.0 Å². The molecule has 0 aliphatic carbocycles. The Labute approximate surface area is 161 Å². The van der Waals surface area contributed by atoms with Crippen molar-refractivity contribution in [1.82, 2.24) is 10.3 Å². The summed E-state index contributed by atoms with van der Waals surface area (Å²) < 4.78 is 12.3. The number of aromatic nitrogens is 1. The van der Waals surface area contributed by atoms with Gasteiger partial charge in [0.05, 0.1) is 15.4 Å². The standard InChI is InChI=1S/C15H24BrN3O6Si/c1-9(18-14(20)21)13(25-26(5,6)15(2,3)4)24-12-11(16)7-10(8-17-12)19(22)23/h7-9,13,18H,1-6H3,(H,20,21)/t9-,13+/m1/s1. The summed E-state index contributed by atoms with van der Waals surface area (Å²) in [7, 11) is -2.29. The van der Waals surface area contributed by atoms with Crippen LogP contribution in [0.25, 0.3) is 0 Å². The molecule has 2 N–H and O–H groups in total. The van der Waals surface area contributed by atoms with Gasteiger partial charge in [-0.2, -0.15) is 0 Å². The van der Waals surface area contributed by atoms with Crippen molar-refractivity contribution in [3.63, 3.8) is 0 Å². The smallest absolute Gasteiger partial charge is 0.405 e. The number of carboxylic acid groups (broad SMARTS) is 1. The molecule has 1 aromatic rings. The van der Waals surface area contributed by atoms with Crippen LogP contribution in [0, 0.1) is 10.1 Å². The van der Waals surface area contributed by atoms with E-state index in [1.54, 1.807) is 6.92 Å². The fourth-order valence-corrected chi connectivity index (χ4v) is 3.29. The second-order valence-corrected chi connectivity index (χ2v) is 13.0. The third kappa shape index (κ3) is 5.92. The highest BCUT2D eigenvalue weighted by Gasteiger charge is 2.41. The summed E-state index contributed by atoms with van der Waals surface area (Å²) in [6.07, 6.45) is -1.09. The maximum Gasteiger partial charge on any atom is 0.405 e. The molecule has 26 heavy (non-hydrogen) atoms. The van der Waals surface area contributed by atoms with Crippen molar-refractivity contribution in [3.8, 4) is 5.88 Å². The monoisotopic (exact) mass is 449 g/mol. The number of nitrogens with zero attached hydrogens (tertiary/aromatic N) is 2. The number of hydrogen-bond acceptors (Lipinski definition) is 6. The van der Waals surface area contributed by atoms with Crippen LogP contribution in [0.3, 0.4) is 0 Å². The maximum absolute atomic E-state index is 11.0. The Morgan fingerprint density at radius 3 is 2.46 bits per heavy atom. The van der Waals surface area contributed by atoms with E-state index in [0.29, 0.717) is 0 Å². The molecular weight excluding hydrogens is 426 g/mol. The predicted molar refractivity (Wildman–Crippen MR) is 102 cm³/mol. The number of nitro groups is 1. The van der Waals surface area contributed by atoms with Gasteiger partial charge >= 0.3 is 6.09 Å². The molecule has 0 saturated carbocycles. The van der Waals surface area contributed by atoms with Crippen LogP contribution >= 0.6 is 15.9 Å². The molecule has 1 aromatic heterocycles. The molecule has 0 unspecified atom stereocenters. The summed E-state index contributed by atoms with van der Waals surface area (Å²) in [5, 5.41) is 22.0. The third-order valence-corrected chi connectivity index (χ3v) is 9.21. The molecule has 1 heterocycles. The van der Waals surface area contributed by atoms with Crippen LogP contribution in [0.1, 0.15) is 27.7 Å². The van der Waals surface area contributed by atoms with Crippen LogP contribution in [-0.4, -0.2) is 41.8 Å². The van der Waals surface area contributed by atoms with Gasteiger partial charge in [-0.3, -0.25) is 10.1 Å². The van der Waals surface area contributed by atoms with Gasteiger partial charge in [0, 0.05) is 6.07 Å². The Morgan fingerprint density at radius 2 is 2.04 bits per heavy atom.